The summed E-state index contributed by atoms with van der Waals surface area (Å²) >= 11 is 0. The van der Waals surface area contributed by atoms with E-state index in [2.05, 4.69) is 15.4 Å². The molecule has 0 radical (unpaired) electrons. The summed E-state index contributed by atoms with van der Waals surface area (Å²) in [5.74, 6) is -0.402. The lowest BCUT2D eigenvalue weighted by Gasteiger charge is -2.30. The molecule has 1 aromatic heterocycles. The van der Waals surface area contributed by atoms with E-state index in [-0.39, 0.29) is 0 Å². The van der Waals surface area contributed by atoms with Gasteiger partial charge in [-0.2, -0.15) is 5.10 Å². The molecule has 19 heavy (non-hydrogen) atoms. The molecule has 6 heteroatoms. The first kappa shape index (κ1) is 13.2. The number of aryl methyl sites for hydroxylation is 1. The molecule has 3 N–H and O–H groups in total. The van der Waals surface area contributed by atoms with Gasteiger partial charge in [0.2, 0.25) is 5.91 Å². The molecule has 0 aliphatic rings. The molecule has 1 unspecified atom stereocenters. The van der Waals surface area contributed by atoms with Gasteiger partial charge in [0.1, 0.15) is 18.2 Å². The van der Waals surface area contributed by atoms with Gasteiger partial charge in [-0.1, -0.05) is 30.3 Å². The monoisotopic (exact) mass is 259 g/mol. The van der Waals surface area contributed by atoms with E-state index in [0.717, 1.165) is 5.56 Å². The van der Waals surface area contributed by atoms with Gasteiger partial charge in [0.05, 0.1) is 0 Å². The third-order valence-electron chi connectivity index (χ3n) is 3.30. The lowest BCUT2D eigenvalue weighted by Crippen LogP contribution is -2.51. The lowest BCUT2D eigenvalue weighted by atomic mass is 9.86. The van der Waals surface area contributed by atoms with E-state index in [1.165, 1.54) is 6.33 Å². The number of rotatable bonds is 6. The molecule has 6 nitrogen and oxygen atoms in total. The highest BCUT2D eigenvalue weighted by molar-refractivity contribution is 5.86. The van der Waals surface area contributed by atoms with Crippen LogP contribution in [-0.2, 0) is 16.9 Å². The highest BCUT2D eigenvalue weighted by Gasteiger charge is 2.36. The summed E-state index contributed by atoms with van der Waals surface area (Å²) in [4.78, 5) is 15.8. The Kier molecular flexibility index (Phi) is 3.91. The predicted octanol–water partition coefficient (Wildman–Crippen LogP) is 0.268. The maximum Gasteiger partial charge on any atom is 0.242 e. The van der Waals surface area contributed by atoms with Gasteiger partial charge in [-0.25, -0.2) is 4.98 Å². The largest absolute Gasteiger partial charge is 0.368 e. The second-order valence-corrected chi connectivity index (χ2v) is 4.29. The number of nitrogens with two attached hydrogens (primary N) is 1. The van der Waals surface area contributed by atoms with Crippen molar-refractivity contribution in [2.75, 3.05) is 7.05 Å². The van der Waals surface area contributed by atoms with Gasteiger partial charge < -0.3 is 11.1 Å². The van der Waals surface area contributed by atoms with Crippen LogP contribution in [0.4, 0.5) is 0 Å². The van der Waals surface area contributed by atoms with Crippen molar-refractivity contribution in [3.05, 3.63) is 48.5 Å². The molecular weight excluding hydrogens is 242 g/mol. The summed E-state index contributed by atoms with van der Waals surface area (Å²) < 4.78 is 1.68. The maximum atomic E-state index is 11.9. The van der Waals surface area contributed by atoms with Crippen LogP contribution in [0.1, 0.15) is 12.0 Å². The van der Waals surface area contributed by atoms with Crippen molar-refractivity contribution in [3.63, 3.8) is 0 Å². The topological polar surface area (TPSA) is 85.8 Å². The average molecular weight is 259 g/mol. The van der Waals surface area contributed by atoms with Gasteiger partial charge >= 0.3 is 0 Å². The second-order valence-electron chi connectivity index (χ2n) is 4.29. The maximum absolute atomic E-state index is 11.9. The minimum atomic E-state index is -0.896. The van der Waals surface area contributed by atoms with Crippen molar-refractivity contribution in [1.29, 1.82) is 0 Å². The summed E-state index contributed by atoms with van der Waals surface area (Å²) in [6.07, 6.45) is 3.59. The van der Waals surface area contributed by atoms with E-state index < -0.39 is 11.4 Å². The molecule has 100 valence electrons. The molecule has 2 aromatic rings. The smallest absolute Gasteiger partial charge is 0.242 e. The van der Waals surface area contributed by atoms with Gasteiger partial charge in [0, 0.05) is 6.54 Å². The highest BCUT2D eigenvalue weighted by Crippen LogP contribution is 2.25. The number of nitrogens with one attached hydrogen (secondary N) is 1. The van der Waals surface area contributed by atoms with E-state index in [4.69, 9.17) is 5.73 Å². The molecule has 2 rings (SSSR count). The van der Waals surface area contributed by atoms with Gasteiger partial charge in [-0.3, -0.25) is 9.48 Å². The minimum Gasteiger partial charge on any atom is -0.368 e. The SMILES string of the molecule is CNC(CCn1cncn1)(C(N)=O)c1ccccc1. The Labute approximate surface area is 111 Å². The van der Waals surface area contributed by atoms with Gasteiger partial charge in [0.15, 0.2) is 0 Å². The van der Waals surface area contributed by atoms with Crippen LogP contribution < -0.4 is 11.1 Å². The van der Waals surface area contributed by atoms with Crippen LogP contribution in [0.2, 0.25) is 0 Å². The van der Waals surface area contributed by atoms with Crippen LogP contribution >= 0.6 is 0 Å². The molecule has 0 aliphatic heterocycles. The van der Waals surface area contributed by atoms with Crippen LogP contribution in [0.15, 0.2) is 43.0 Å². The summed E-state index contributed by atoms with van der Waals surface area (Å²) in [5, 5.41) is 7.09. The third-order valence-corrected chi connectivity index (χ3v) is 3.30. The first-order valence-electron chi connectivity index (χ1n) is 6.06. The molecule has 0 aliphatic carbocycles. The fourth-order valence-corrected chi connectivity index (χ4v) is 2.16. The number of likely N-dealkylation sites (N-methyl/N-ethyl adjacent to an activating group) is 1. The Hall–Kier alpha value is -2.21. The standard InChI is InChI=1S/C13H17N5O/c1-15-13(12(14)19,11-5-3-2-4-6-11)7-8-18-10-16-9-17-18/h2-6,9-10,15H,7-8H2,1H3,(H2,14,19). The highest BCUT2D eigenvalue weighted by atomic mass is 16.1. The van der Waals surface area contributed by atoms with Gasteiger partial charge in [0.25, 0.3) is 0 Å². The molecule has 0 saturated carbocycles. The Morgan fingerprint density at radius 1 is 1.42 bits per heavy atom. The fourth-order valence-electron chi connectivity index (χ4n) is 2.16. The minimum absolute atomic E-state index is 0.402. The number of carbonyl (C=O) groups excluding carboxylic acids is 1. The average Bonchev–Trinajstić information content (AvgIpc) is 2.94. The van der Waals surface area contributed by atoms with Crippen LogP contribution in [-0.4, -0.2) is 27.7 Å². The Morgan fingerprint density at radius 2 is 2.16 bits per heavy atom. The zero-order chi connectivity index (χ0) is 13.7. The van der Waals surface area contributed by atoms with Crippen molar-refractivity contribution in [2.24, 2.45) is 5.73 Å². The summed E-state index contributed by atoms with van der Waals surface area (Å²) in [6, 6.07) is 9.47. The van der Waals surface area contributed by atoms with E-state index in [0.29, 0.717) is 13.0 Å². The normalized spacial score (nSPS) is 13.9. The van der Waals surface area contributed by atoms with Crippen LogP contribution in [0.3, 0.4) is 0 Å². The second kappa shape index (κ2) is 5.62. The number of aromatic nitrogens is 3. The van der Waals surface area contributed by atoms with E-state index in [1.807, 2.05) is 30.3 Å². The Bertz CT molecular complexity index is 525. The third kappa shape index (κ3) is 2.63. The Morgan fingerprint density at radius 3 is 2.68 bits per heavy atom. The van der Waals surface area contributed by atoms with Crippen molar-refractivity contribution in [2.45, 2.75) is 18.5 Å². The van der Waals surface area contributed by atoms with E-state index in [9.17, 15) is 4.79 Å². The zero-order valence-corrected chi connectivity index (χ0v) is 10.8. The van der Waals surface area contributed by atoms with Crippen molar-refractivity contribution in [1.82, 2.24) is 20.1 Å². The number of hydrogen-bond acceptors (Lipinski definition) is 4. The molecular formula is C13H17N5O. The van der Waals surface area contributed by atoms with E-state index >= 15 is 0 Å². The summed E-state index contributed by atoms with van der Waals surface area (Å²) in [5.41, 5.74) is 5.56. The van der Waals surface area contributed by atoms with Gasteiger partial charge in [-0.05, 0) is 19.0 Å². The first-order chi connectivity index (χ1) is 9.19. The molecule has 1 amide bonds. The summed E-state index contributed by atoms with van der Waals surface area (Å²) in [6.45, 7) is 0.554. The quantitative estimate of drug-likeness (QED) is 0.779. The molecule has 1 aromatic carbocycles. The molecule has 0 saturated heterocycles. The van der Waals surface area contributed by atoms with E-state index in [1.54, 1.807) is 18.1 Å². The molecule has 0 bridgehead atoms. The Balaban J connectivity index is 2.27. The van der Waals surface area contributed by atoms with Crippen LogP contribution in [0, 0.1) is 0 Å². The predicted molar refractivity (Wildman–Crippen MR) is 71.0 cm³/mol. The fraction of sp³-hybridized carbons (Fsp3) is 0.308. The number of carbonyl (C=O) groups is 1. The molecule has 0 spiro atoms. The number of nitrogens with zero attached hydrogens (tertiary/aromatic N) is 3. The van der Waals surface area contributed by atoms with Crippen LogP contribution in [0.25, 0.3) is 0 Å². The first-order valence-corrected chi connectivity index (χ1v) is 6.06. The van der Waals surface area contributed by atoms with Gasteiger partial charge in [-0.15, -0.1) is 0 Å². The zero-order valence-electron chi connectivity index (χ0n) is 10.8. The molecule has 1 atom stereocenters. The molecule has 1 heterocycles. The summed E-state index contributed by atoms with van der Waals surface area (Å²) in [7, 11) is 1.74. The number of benzene rings is 1. The lowest BCUT2D eigenvalue weighted by molar-refractivity contribution is -0.125. The van der Waals surface area contributed by atoms with Crippen molar-refractivity contribution >= 4 is 5.91 Å². The number of primary amides is 1. The van der Waals surface area contributed by atoms with Crippen molar-refractivity contribution < 1.29 is 4.79 Å². The number of hydrogen-bond donors (Lipinski definition) is 2. The van der Waals surface area contributed by atoms with Crippen LogP contribution in [0.5, 0.6) is 0 Å². The number of amides is 1. The molecule has 0 fully saturated rings. The van der Waals surface area contributed by atoms with Crippen molar-refractivity contribution in [3.8, 4) is 0 Å².